The smallest absolute Gasteiger partial charge is 0.187 e. The van der Waals surface area contributed by atoms with Gasteiger partial charge in [-0.25, -0.2) is 9.19 Å². The molecule has 0 aliphatic rings. The fourth-order valence-electron chi connectivity index (χ4n) is 3.21. The van der Waals surface area contributed by atoms with E-state index in [1.165, 1.54) is 37.0 Å². The summed E-state index contributed by atoms with van der Waals surface area (Å²) in [4.78, 5) is 8.74. The van der Waals surface area contributed by atoms with Crippen molar-refractivity contribution in [3.63, 3.8) is 0 Å². The zero-order valence-electron chi connectivity index (χ0n) is 17.8. The third-order valence-electron chi connectivity index (χ3n) is 4.81. The van der Waals surface area contributed by atoms with Crippen LogP contribution >= 0.6 is 11.3 Å². The van der Waals surface area contributed by atoms with Crippen molar-refractivity contribution in [3.8, 4) is 17.0 Å². The van der Waals surface area contributed by atoms with Gasteiger partial charge in [-0.1, -0.05) is 39.0 Å². The van der Waals surface area contributed by atoms with Gasteiger partial charge in [-0.05, 0) is 36.8 Å². The molecule has 0 bridgehead atoms. The van der Waals surface area contributed by atoms with Crippen LogP contribution in [-0.4, -0.2) is 25.3 Å². The third kappa shape index (κ3) is 7.72. The topological polar surface area (TPSA) is 84.3 Å². The van der Waals surface area contributed by atoms with Gasteiger partial charge in [0.1, 0.15) is 5.75 Å². The van der Waals surface area contributed by atoms with E-state index in [0.29, 0.717) is 17.9 Å². The molecule has 6 nitrogen and oxygen atoms in total. The normalized spacial score (nSPS) is 11.9. The third-order valence-corrected chi connectivity index (χ3v) is 6.12. The Morgan fingerprint density at radius 2 is 2.00 bits per heavy atom. The first-order valence-corrected chi connectivity index (χ1v) is 12.8. The molecule has 1 unspecified atom stereocenters. The van der Waals surface area contributed by atoms with E-state index in [2.05, 4.69) is 22.2 Å². The minimum atomic E-state index is -1.94. The van der Waals surface area contributed by atoms with Crippen molar-refractivity contribution in [2.75, 3.05) is 11.9 Å². The quantitative estimate of drug-likeness (QED) is 0.227. The number of thiazole rings is 1. The molecule has 1 atom stereocenters. The second-order valence-corrected chi connectivity index (χ2v) is 9.10. The van der Waals surface area contributed by atoms with Gasteiger partial charge in [-0.2, -0.15) is 0 Å². The molecular formula is C23H29N3O3S2. The van der Waals surface area contributed by atoms with E-state index in [1.54, 1.807) is 12.4 Å². The highest BCUT2D eigenvalue weighted by Gasteiger charge is 2.10. The van der Waals surface area contributed by atoms with Gasteiger partial charge in [0, 0.05) is 34.6 Å². The Hall–Kier alpha value is -2.29. The standard InChI is InChI=1S/C23H29N3O3S2/c1-2-3-4-5-6-7-13-29-22-11-10-20(14-19(22)17-31(27)28)25-23-26-21(16-30-23)18-9-8-12-24-15-18/h8-12,14-16H,2-7,13,17H2,1H3,(H,25,26)(H,27,28). The Morgan fingerprint density at radius 1 is 1.16 bits per heavy atom. The second-order valence-electron chi connectivity index (χ2n) is 7.31. The lowest BCUT2D eigenvalue weighted by atomic mass is 10.1. The Morgan fingerprint density at radius 3 is 2.77 bits per heavy atom. The molecule has 2 aromatic heterocycles. The summed E-state index contributed by atoms with van der Waals surface area (Å²) < 4.78 is 26.8. The first-order valence-electron chi connectivity index (χ1n) is 10.6. The largest absolute Gasteiger partial charge is 0.493 e. The summed E-state index contributed by atoms with van der Waals surface area (Å²) >= 11 is -0.445. The van der Waals surface area contributed by atoms with E-state index in [-0.39, 0.29) is 5.75 Å². The molecule has 2 heterocycles. The van der Waals surface area contributed by atoms with Crippen LogP contribution in [0.5, 0.6) is 5.75 Å². The molecule has 0 aliphatic carbocycles. The highest BCUT2D eigenvalue weighted by Crippen LogP contribution is 2.30. The predicted molar refractivity (Wildman–Crippen MR) is 128 cm³/mol. The fourth-order valence-corrected chi connectivity index (χ4v) is 4.44. The lowest BCUT2D eigenvalue weighted by Gasteiger charge is -2.13. The van der Waals surface area contributed by atoms with Gasteiger partial charge in [0.2, 0.25) is 0 Å². The monoisotopic (exact) mass is 459 g/mol. The van der Waals surface area contributed by atoms with Crippen LogP contribution in [-0.2, 0) is 16.8 Å². The molecule has 3 rings (SSSR count). The number of aromatic nitrogens is 2. The Balaban J connectivity index is 1.61. The zero-order valence-corrected chi connectivity index (χ0v) is 19.4. The predicted octanol–water partition coefficient (Wildman–Crippen LogP) is 6.41. The van der Waals surface area contributed by atoms with Crippen molar-refractivity contribution < 1.29 is 13.5 Å². The van der Waals surface area contributed by atoms with Crippen molar-refractivity contribution >= 4 is 33.2 Å². The van der Waals surface area contributed by atoms with E-state index < -0.39 is 11.1 Å². The molecule has 0 saturated carbocycles. The van der Waals surface area contributed by atoms with Crippen LogP contribution < -0.4 is 10.1 Å². The molecule has 0 amide bonds. The summed E-state index contributed by atoms with van der Waals surface area (Å²) in [6.07, 6.45) is 10.7. The van der Waals surface area contributed by atoms with Gasteiger partial charge in [0.25, 0.3) is 0 Å². The summed E-state index contributed by atoms with van der Waals surface area (Å²) in [6.45, 7) is 2.83. The number of nitrogens with zero attached hydrogens (tertiary/aromatic N) is 2. The molecular weight excluding hydrogens is 430 g/mol. The number of rotatable bonds is 13. The van der Waals surface area contributed by atoms with Crippen LogP contribution in [0.15, 0.2) is 48.1 Å². The zero-order chi connectivity index (χ0) is 21.9. The van der Waals surface area contributed by atoms with Crippen LogP contribution in [0.25, 0.3) is 11.3 Å². The maximum absolute atomic E-state index is 11.4. The molecule has 0 fully saturated rings. The van der Waals surface area contributed by atoms with Gasteiger partial charge >= 0.3 is 0 Å². The van der Waals surface area contributed by atoms with Crippen LogP contribution in [0.4, 0.5) is 10.8 Å². The number of hydrogen-bond acceptors (Lipinski definition) is 6. The van der Waals surface area contributed by atoms with Crippen molar-refractivity contribution in [3.05, 3.63) is 53.7 Å². The average molecular weight is 460 g/mol. The molecule has 31 heavy (non-hydrogen) atoms. The molecule has 166 valence electrons. The fraction of sp³-hybridized carbons (Fsp3) is 0.391. The van der Waals surface area contributed by atoms with Gasteiger partial charge in [-0.3, -0.25) is 4.98 Å². The Kier molecular flexibility index (Phi) is 9.45. The number of ether oxygens (including phenoxy) is 1. The number of anilines is 2. The van der Waals surface area contributed by atoms with Crippen LogP contribution in [0.1, 0.15) is 51.0 Å². The summed E-state index contributed by atoms with van der Waals surface area (Å²) in [6, 6.07) is 9.47. The van der Waals surface area contributed by atoms with E-state index >= 15 is 0 Å². The van der Waals surface area contributed by atoms with E-state index in [1.807, 2.05) is 35.7 Å². The van der Waals surface area contributed by atoms with Gasteiger partial charge in [-0.15, -0.1) is 11.3 Å². The van der Waals surface area contributed by atoms with Gasteiger partial charge < -0.3 is 14.6 Å². The van der Waals surface area contributed by atoms with Crippen molar-refractivity contribution in [2.24, 2.45) is 0 Å². The number of hydrogen-bond donors (Lipinski definition) is 2. The minimum Gasteiger partial charge on any atom is -0.493 e. The molecule has 8 heteroatoms. The molecule has 2 N–H and O–H groups in total. The highest BCUT2D eigenvalue weighted by atomic mass is 32.2. The molecule has 3 aromatic rings. The maximum Gasteiger partial charge on any atom is 0.187 e. The van der Waals surface area contributed by atoms with Gasteiger partial charge in [0.05, 0.1) is 18.1 Å². The first kappa shape index (κ1) is 23.4. The van der Waals surface area contributed by atoms with E-state index in [4.69, 9.17) is 4.74 Å². The maximum atomic E-state index is 11.4. The van der Waals surface area contributed by atoms with E-state index in [0.717, 1.165) is 34.9 Å². The van der Waals surface area contributed by atoms with E-state index in [9.17, 15) is 8.76 Å². The van der Waals surface area contributed by atoms with Gasteiger partial charge in [0.15, 0.2) is 16.2 Å². The van der Waals surface area contributed by atoms with Crippen molar-refractivity contribution in [1.82, 2.24) is 9.97 Å². The molecule has 0 aliphatic heterocycles. The number of benzene rings is 1. The summed E-state index contributed by atoms with van der Waals surface area (Å²) in [5, 5.41) is 6.00. The summed E-state index contributed by atoms with van der Waals surface area (Å²) in [5.41, 5.74) is 3.33. The Bertz CT molecular complexity index is 964. The van der Waals surface area contributed by atoms with Crippen LogP contribution in [0, 0.1) is 0 Å². The first-order chi connectivity index (χ1) is 15.2. The second kappa shape index (κ2) is 12.5. The number of unbranched alkanes of at least 4 members (excludes halogenated alkanes) is 5. The SMILES string of the molecule is CCCCCCCCOc1ccc(Nc2nc(-c3cccnc3)cs2)cc1CS(=O)O. The van der Waals surface area contributed by atoms with Crippen LogP contribution in [0.2, 0.25) is 0 Å². The number of nitrogens with one attached hydrogen (secondary N) is 1. The number of pyridine rings is 1. The average Bonchev–Trinajstić information content (AvgIpc) is 3.23. The summed E-state index contributed by atoms with van der Waals surface area (Å²) in [7, 11) is 0. The molecule has 0 spiro atoms. The molecule has 0 saturated heterocycles. The van der Waals surface area contributed by atoms with Crippen molar-refractivity contribution in [2.45, 2.75) is 51.2 Å². The molecule has 1 aromatic carbocycles. The van der Waals surface area contributed by atoms with Crippen LogP contribution in [0.3, 0.4) is 0 Å². The highest BCUT2D eigenvalue weighted by molar-refractivity contribution is 7.78. The minimum absolute atomic E-state index is 0.0279. The Labute approximate surface area is 190 Å². The molecule has 0 radical (unpaired) electrons. The lowest BCUT2D eigenvalue weighted by molar-refractivity contribution is 0.302. The summed E-state index contributed by atoms with van der Waals surface area (Å²) in [5.74, 6) is 0.692. The van der Waals surface area contributed by atoms with Crippen molar-refractivity contribution in [1.29, 1.82) is 0 Å². The lowest BCUT2D eigenvalue weighted by Crippen LogP contribution is -2.03.